The van der Waals surface area contributed by atoms with Crippen LogP contribution in [0.4, 0.5) is 15.9 Å². The number of nitrogens with zero attached hydrogens (tertiary/aromatic N) is 4. The zero-order valence-corrected chi connectivity index (χ0v) is 16.9. The minimum absolute atomic E-state index is 0.0600. The number of benzene rings is 2. The van der Waals surface area contributed by atoms with E-state index >= 15 is 0 Å². The van der Waals surface area contributed by atoms with Crippen LogP contribution in [0.2, 0.25) is 5.02 Å². The summed E-state index contributed by atoms with van der Waals surface area (Å²) in [6, 6.07) is 18.1. The minimum Gasteiger partial charge on any atom is -0.340 e. The van der Waals surface area contributed by atoms with Gasteiger partial charge >= 0.3 is 0 Å². The van der Waals surface area contributed by atoms with Crippen LogP contribution in [-0.4, -0.2) is 19.9 Å². The van der Waals surface area contributed by atoms with Gasteiger partial charge in [-0.3, -0.25) is 9.97 Å². The average molecular weight is 428 g/mol. The van der Waals surface area contributed by atoms with Gasteiger partial charge in [-0.1, -0.05) is 23.7 Å². The molecule has 3 heterocycles. The molecule has 0 amide bonds. The van der Waals surface area contributed by atoms with E-state index in [-0.39, 0.29) is 5.02 Å². The number of rotatable bonds is 4. The van der Waals surface area contributed by atoms with Gasteiger partial charge in [-0.2, -0.15) is 0 Å². The van der Waals surface area contributed by atoms with E-state index in [0.717, 1.165) is 33.3 Å². The van der Waals surface area contributed by atoms with Crippen molar-refractivity contribution >= 4 is 34.0 Å². The van der Waals surface area contributed by atoms with E-state index in [1.54, 1.807) is 30.7 Å². The van der Waals surface area contributed by atoms with Crippen molar-refractivity contribution in [1.29, 1.82) is 0 Å². The Bertz CT molecular complexity index is 1390. The van der Waals surface area contributed by atoms with E-state index < -0.39 is 5.82 Å². The smallest absolute Gasteiger partial charge is 0.141 e. The molecule has 0 saturated carbocycles. The van der Waals surface area contributed by atoms with Gasteiger partial charge in [-0.15, -0.1) is 0 Å². The minimum atomic E-state index is -0.461. The van der Waals surface area contributed by atoms with Crippen molar-refractivity contribution in [2.75, 3.05) is 5.32 Å². The van der Waals surface area contributed by atoms with Crippen LogP contribution in [0.1, 0.15) is 0 Å². The first-order valence-corrected chi connectivity index (χ1v) is 9.89. The summed E-state index contributed by atoms with van der Waals surface area (Å²) < 4.78 is 13.7. The Morgan fingerprint density at radius 2 is 1.65 bits per heavy atom. The summed E-state index contributed by atoms with van der Waals surface area (Å²) in [6.07, 6.45) is 6.66. The quantitative estimate of drug-likeness (QED) is 0.365. The lowest BCUT2D eigenvalue weighted by molar-refractivity contribution is 0.628. The van der Waals surface area contributed by atoms with Crippen molar-refractivity contribution in [3.05, 3.63) is 96.4 Å². The second kappa shape index (κ2) is 8.08. The zero-order valence-electron chi connectivity index (χ0n) is 16.1. The van der Waals surface area contributed by atoms with Crippen molar-refractivity contribution < 1.29 is 4.39 Å². The molecular formula is C24H15ClFN5. The third-order valence-electron chi connectivity index (χ3n) is 4.89. The van der Waals surface area contributed by atoms with Gasteiger partial charge in [-0.25, -0.2) is 14.4 Å². The average Bonchev–Trinajstić information content (AvgIpc) is 2.81. The molecule has 5 nitrogen and oxygen atoms in total. The molecule has 0 atom stereocenters. The van der Waals surface area contributed by atoms with Crippen LogP contribution in [0.25, 0.3) is 33.3 Å². The molecule has 5 aromatic rings. The maximum Gasteiger partial charge on any atom is 0.141 e. The first kappa shape index (κ1) is 19.1. The first-order chi connectivity index (χ1) is 15.2. The van der Waals surface area contributed by atoms with Gasteiger partial charge in [-0.05, 0) is 54.1 Å². The SMILES string of the molecule is Fc1ccc(-c2ncccc2-c2ccc3ncnc(Nc4ccncc4)c3c2)cc1Cl. The fourth-order valence-electron chi connectivity index (χ4n) is 3.41. The fourth-order valence-corrected chi connectivity index (χ4v) is 3.59. The molecule has 1 N–H and O–H groups in total. The third-order valence-corrected chi connectivity index (χ3v) is 5.18. The predicted molar refractivity (Wildman–Crippen MR) is 121 cm³/mol. The Morgan fingerprint density at radius 1 is 0.806 bits per heavy atom. The Balaban J connectivity index is 1.63. The normalized spacial score (nSPS) is 10.9. The van der Waals surface area contributed by atoms with Crippen LogP contribution < -0.4 is 5.32 Å². The standard InChI is InChI=1S/C24H15ClFN5/c25-20-13-16(3-5-21(20)26)23-18(2-1-9-28-23)15-4-6-22-19(12-15)24(30-14-29-22)31-17-7-10-27-11-8-17/h1-14H,(H,27,29,30,31). The van der Waals surface area contributed by atoms with E-state index in [1.807, 2.05) is 42.5 Å². The van der Waals surface area contributed by atoms with Crippen LogP contribution in [0.3, 0.4) is 0 Å². The van der Waals surface area contributed by atoms with Gasteiger partial charge in [0.2, 0.25) is 0 Å². The summed E-state index contributed by atoms with van der Waals surface area (Å²) in [7, 11) is 0. The highest BCUT2D eigenvalue weighted by molar-refractivity contribution is 6.31. The Labute approximate surface area is 182 Å². The number of halogens is 2. The second-order valence-corrected chi connectivity index (χ2v) is 7.25. The predicted octanol–water partition coefficient (Wildman–Crippen LogP) is 6.29. The second-order valence-electron chi connectivity index (χ2n) is 6.84. The molecule has 5 rings (SSSR count). The number of anilines is 2. The summed E-state index contributed by atoms with van der Waals surface area (Å²) in [4.78, 5) is 17.4. The van der Waals surface area contributed by atoms with E-state index in [4.69, 9.17) is 11.6 Å². The van der Waals surface area contributed by atoms with Crippen LogP contribution >= 0.6 is 11.6 Å². The van der Waals surface area contributed by atoms with Gasteiger partial charge in [0.05, 0.1) is 16.2 Å². The Hall–Kier alpha value is -3.90. The topological polar surface area (TPSA) is 63.6 Å². The molecule has 3 aromatic heterocycles. The summed E-state index contributed by atoms with van der Waals surface area (Å²) >= 11 is 6.01. The molecule has 0 spiro atoms. The molecule has 31 heavy (non-hydrogen) atoms. The Kier molecular flexibility index (Phi) is 4.98. The molecule has 0 fully saturated rings. The Morgan fingerprint density at radius 3 is 2.48 bits per heavy atom. The number of fused-ring (bicyclic) bond motifs is 1. The fraction of sp³-hybridized carbons (Fsp3) is 0. The van der Waals surface area contributed by atoms with Crippen LogP contribution in [0.5, 0.6) is 0 Å². The van der Waals surface area contributed by atoms with Gasteiger partial charge in [0.1, 0.15) is 18.0 Å². The maximum absolute atomic E-state index is 13.7. The lowest BCUT2D eigenvalue weighted by Crippen LogP contribution is -1.96. The van der Waals surface area contributed by atoms with Gasteiger partial charge in [0, 0.05) is 40.8 Å². The molecule has 0 unspecified atom stereocenters. The zero-order chi connectivity index (χ0) is 21.2. The highest BCUT2D eigenvalue weighted by Crippen LogP contribution is 2.34. The molecule has 0 radical (unpaired) electrons. The number of pyridine rings is 2. The lowest BCUT2D eigenvalue weighted by atomic mass is 9.98. The monoisotopic (exact) mass is 427 g/mol. The highest BCUT2D eigenvalue weighted by Gasteiger charge is 2.13. The van der Waals surface area contributed by atoms with Crippen molar-refractivity contribution in [2.45, 2.75) is 0 Å². The number of hydrogen-bond acceptors (Lipinski definition) is 5. The third kappa shape index (κ3) is 3.81. The molecule has 0 aliphatic heterocycles. The maximum atomic E-state index is 13.7. The molecule has 0 bridgehead atoms. The molecule has 7 heteroatoms. The van der Waals surface area contributed by atoms with Gasteiger partial charge < -0.3 is 5.32 Å². The van der Waals surface area contributed by atoms with E-state index in [9.17, 15) is 4.39 Å². The summed E-state index contributed by atoms with van der Waals surface area (Å²) in [5, 5.41) is 4.24. The number of nitrogens with one attached hydrogen (secondary N) is 1. The number of aromatic nitrogens is 4. The summed E-state index contributed by atoms with van der Waals surface area (Å²) in [5.41, 5.74) is 4.97. The van der Waals surface area contributed by atoms with Crippen molar-refractivity contribution in [1.82, 2.24) is 19.9 Å². The molecule has 150 valence electrons. The molecular weight excluding hydrogens is 413 g/mol. The van der Waals surface area contributed by atoms with Gasteiger partial charge in [0.25, 0.3) is 0 Å². The van der Waals surface area contributed by atoms with Crippen molar-refractivity contribution in [2.24, 2.45) is 0 Å². The molecule has 0 aliphatic rings. The number of hydrogen-bond donors (Lipinski definition) is 1. The largest absolute Gasteiger partial charge is 0.340 e. The summed E-state index contributed by atoms with van der Waals surface area (Å²) in [6.45, 7) is 0. The van der Waals surface area contributed by atoms with Crippen molar-refractivity contribution in [3.63, 3.8) is 0 Å². The first-order valence-electron chi connectivity index (χ1n) is 9.52. The van der Waals surface area contributed by atoms with Crippen LogP contribution in [0.15, 0.2) is 85.6 Å². The van der Waals surface area contributed by atoms with E-state index in [2.05, 4.69) is 25.3 Å². The molecule has 0 saturated heterocycles. The molecule has 2 aromatic carbocycles. The lowest BCUT2D eigenvalue weighted by Gasteiger charge is -2.12. The summed E-state index contributed by atoms with van der Waals surface area (Å²) in [5.74, 6) is 0.228. The van der Waals surface area contributed by atoms with Crippen LogP contribution in [-0.2, 0) is 0 Å². The van der Waals surface area contributed by atoms with E-state index in [1.165, 1.54) is 12.4 Å². The van der Waals surface area contributed by atoms with E-state index in [0.29, 0.717) is 11.5 Å². The van der Waals surface area contributed by atoms with Gasteiger partial charge in [0.15, 0.2) is 0 Å². The molecule has 0 aliphatic carbocycles. The highest BCUT2D eigenvalue weighted by atomic mass is 35.5. The van der Waals surface area contributed by atoms with Crippen LogP contribution in [0, 0.1) is 5.82 Å². The van der Waals surface area contributed by atoms with Crippen molar-refractivity contribution in [3.8, 4) is 22.4 Å².